The van der Waals surface area contributed by atoms with E-state index in [1.807, 2.05) is 0 Å². The molecule has 0 bridgehead atoms. The Balaban J connectivity index is 2.77. The first-order valence-corrected chi connectivity index (χ1v) is 9.27. The normalized spacial score (nSPS) is 22.9. The fraction of sp³-hybridized carbons (Fsp3) is 0.583. The van der Waals surface area contributed by atoms with Gasteiger partial charge < -0.3 is 0 Å². The number of rotatable bonds is 1. The highest BCUT2D eigenvalue weighted by atomic mass is 14.5. The van der Waals surface area contributed by atoms with Crippen LogP contribution in [0.1, 0.15) is 74.3 Å². The fourth-order valence-corrected chi connectivity index (χ4v) is 3.65. The molecule has 0 aromatic heterocycles. The second-order valence-corrected chi connectivity index (χ2v) is 10.5. The van der Waals surface area contributed by atoms with E-state index in [0.717, 1.165) is 6.42 Å². The third-order valence-electron chi connectivity index (χ3n) is 5.66. The molecule has 0 heteroatoms. The lowest BCUT2D eigenvalue weighted by molar-refractivity contribution is 0.217. The maximum absolute atomic E-state index is 2.58. The number of benzene rings is 1. The van der Waals surface area contributed by atoms with Crippen LogP contribution in [0.25, 0.3) is 0 Å². The van der Waals surface area contributed by atoms with Crippen LogP contribution in [0.2, 0.25) is 0 Å². The van der Waals surface area contributed by atoms with Crippen molar-refractivity contribution in [1.82, 2.24) is 0 Å². The smallest absolute Gasteiger partial charge is 0.0224 e. The van der Waals surface area contributed by atoms with Crippen molar-refractivity contribution in [3.63, 3.8) is 0 Å². The minimum Gasteiger partial charge on any atom is -0.0693 e. The van der Waals surface area contributed by atoms with E-state index in [9.17, 15) is 0 Å². The summed E-state index contributed by atoms with van der Waals surface area (Å²) >= 11 is 0. The van der Waals surface area contributed by atoms with Crippen LogP contribution in [-0.4, -0.2) is 0 Å². The maximum Gasteiger partial charge on any atom is 0.0224 e. The first-order valence-electron chi connectivity index (χ1n) is 9.27. The minimum atomic E-state index is 0.0359. The zero-order valence-corrected chi connectivity index (χ0v) is 17.2. The van der Waals surface area contributed by atoms with Gasteiger partial charge in [0.15, 0.2) is 0 Å². The molecule has 0 fully saturated rings. The first-order chi connectivity index (χ1) is 10.8. The molecule has 0 nitrogen and oxygen atoms in total. The predicted molar refractivity (Wildman–Crippen MR) is 107 cm³/mol. The Morgan fingerprint density at radius 1 is 0.750 bits per heavy atom. The van der Waals surface area contributed by atoms with E-state index >= 15 is 0 Å². The molecule has 0 saturated carbocycles. The summed E-state index contributed by atoms with van der Waals surface area (Å²) in [5.74, 6) is 0. The van der Waals surface area contributed by atoms with Gasteiger partial charge in [-0.25, -0.2) is 0 Å². The highest BCUT2D eigenvalue weighted by Gasteiger charge is 2.46. The SMILES string of the molecule is CC(C)(C)C1=CC(c2ccccc2)(C(C)(C)C)CC(C(C)(C)C)=C1. The largest absolute Gasteiger partial charge is 0.0693 e. The molecule has 2 rings (SSSR count). The Hall–Kier alpha value is -1.30. The molecule has 1 aliphatic rings. The third-order valence-corrected chi connectivity index (χ3v) is 5.66. The summed E-state index contributed by atoms with van der Waals surface area (Å²) in [4.78, 5) is 0. The van der Waals surface area contributed by atoms with E-state index in [1.165, 1.54) is 11.1 Å². The van der Waals surface area contributed by atoms with Crippen LogP contribution in [-0.2, 0) is 5.41 Å². The van der Waals surface area contributed by atoms with Crippen molar-refractivity contribution in [3.8, 4) is 0 Å². The highest BCUT2D eigenvalue weighted by Crippen LogP contribution is 2.54. The molecule has 0 N–H and O–H groups in total. The Labute approximate surface area is 150 Å². The van der Waals surface area contributed by atoms with Gasteiger partial charge in [0.25, 0.3) is 0 Å². The Morgan fingerprint density at radius 2 is 1.29 bits per heavy atom. The van der Waals surface area contributed by atoms with Gasteiger partial charge >= 0.3 is 0 Å². The lowest BCUT2D eigenvalue weighted by atomic mass is 9.55. The zero-order chi connectivity index (χ0) is 18.4. The van der Waals surface area contributed by atoms with Gasteiger partial charge in [-0.15, -0.1) is 0 Å². The second-order valence-electron chi connectivity index (χ2n) is 10.5. The maximum atomic E-state index is 2.58. The molecule has 24 heavy (non-hydrogen) atoms. The number of hydrogen-bond acceptors (Lipinski definition) is 0. The highest BCUT2D eigenvalue weighted by molar-refractivity contribution is 5.47. The van der Waals surface area contributed by atoms with Crippen molar-refractivity contribution >= 4 is 0 Å². The molecule has 0 spiro atoms. The van der Waals surface area contributed by atoms with Crippen LogP contribution in [0.15, 0.2) is 53.6 Å². The van der Waals surface area contributed by atoms with E-state index in [4.69, 9.17) is 0 Å². The van der Waals surface area contributed by atoms with Crippen LogP contribution in [0.5, 0.6) is 0 Å². The van der Waals surface area contributed by atoms with Crippen LogP contribution in [0, 0.1) is 16.2 Å². The molecular weight excluding hydrogens is 288 g/mol. The summed E-state index contributed by atoms with van der Waals surface area (Å²) in [5.41, 5.74) is 5.00. The van der Waals surface area contributed by atoms with Gasteiger partial charge in [-0.05, 0) is 33.8 Å². The van der Waals surface area contributed by atoms with E-state index in [1.54, 1.807) is 5.57 Å². The molecule has 0 heterocycles. The quantitative estimate of drug-likeness (QED) is 0.507. The lowest BCUT2D eigenvalue weighted by Gasteiger charge is -2.49. The number of allylic oxidation sites excluding steroid dienone is 4. The summed E-state index contributed by atoms with van der Waals surface area (Å²) in [6.45, 7) is 21.2. The summed E-state index contributed by atoms with van der Waals surface area (Å²) in [6, 6.07) is 11.1. The number of hydrogen-bond donors (Lipinski definition) is 0. The van der Waals surface area contributed by atoms with E-state index in [0.29, 0.717) is 0 Å². The van der Waals surface area contributed by atoms with Gasteiger partial charge in [0.2, 0.25) is 0 Å². The van der Waals surface area contributed by atoms with Crippen LogP contribution < -0.4 is 0 Å². The van der Waals surface area contributed by atoms with Crippen LogP contribution in [0.3, 0.4) is 0 Å². The molecule has 1 atom stereocenters. The van der Waals surface area contributed by atoms with Gasteiger partial charge in [0.05, 0.1) is 0 Å². The molecule has 1 unspecified atom stereocenters. The van der Waals surface area contributed by atoms with Gasteiger partial charge in [-0.2, -0.15) is 0 Å². The molecule has 132 valence electrons. The summed E-state index contributed by atoms with van der Waals surface area (Å²) in [5, 5.41) is 0. The van der Waals surface area contributed by atoms with Crippen molar-refractivity contribution in [2.75, 3.05) is 0 Å². The molecule has 1 aromatic carbocycles. The summed E-state index contributed by atoms with van der Waals surface area (Å²) < 4.78 is 0. The molecular formula is C24H36. The third kappa shape index (κ3) is 3.53. The topological polar surface area (TPSA) is 0 Å². The molecule has 1 aromatic rings. The molecule has 0 amide bonds. The monoisotopic (exact) mass is 324 g/mol. The lowest BCUT2D eigenvalue weighted by Crippen LogP contribution is -2.42. The van der Waals surface area contributed by atoms with Gasteiger partial charge in [-0.1, -0.05) is 110 Å². The average molecular weight is 325 g/mol. The van der Waals surface area contributed by atoms with E-state index < -0.39 is 0 Å². The fourth-order valence-electron chi connectivity index (χ4n) is 3.65. The Morgan fingerprint density at radius 3 is 1.71 bits per heavy atom. The van der Waals surface area contributed by atoms with Gasteiger partial charge in [-0.3, -0.25) is 0 Å². The van der Waals surface area contributed by atoms with Gasteiger partial charge in [0.1, 0.15) is 0 Å². The van der Waals surface area contributed by atoms with Crippen molar-refractivity contribution in [2.24, 2.45) is 16.2 Å². The standard InChI is InChI=1S/C24H36/c1-21(2,3)19-15-20(22(4,5)6)17-24(16-19,23(7,8)9)18-13-11-10-12-14-18/h10-16H,17H2,1-9H3. The minimum absolute atomic E-state index is 0.0359. The average Bonchev–Trinajstić information content (AvgIpc) is 2.44. The van der Waals surface area contributed by atoms with Crippen molar-refractivity contribution < 1.29 is 0 Å². The van der Waals surface area contributed by atoms with Gasteiger partial charge in [0, 0.05) is 5.41 Å². The first kappa shape index (κ1) is 19.0. The molecule has 0 radical (unpaired) electrons. The van der Waals surface area contributed by atoms with Crippen LogP contribution in [0.4, 0.5) is 0 Å². The van der Waals surface area contributed by atoms with Crippen LogP contribution >= 0.6 is 0 Å². The molecule has 1 aliphatic carbocycles. The van der Waals surface area contributed by atoms with Crippen molar-refractivity contribution in [3.05, 3.63) is 59.2 Å². The van der Waals surface area contributed by atoms with E-state index in [2.05, 4.69) is 105 Å². The van der Waals surface area contributed by atoms with E-state index in [-0.39, 0.29) is 21.7 Å². The summed E-state index contributed by atoms with van der Waals surface area (Å²) in [7, 11) is 0. The van der Waals surface area contributed by atoms with Crippen molar-refractivity contribution in [2.45, 2.75) is 74.1 Å². The summed E-state index contributed by atoms with van der Waals surface area (Å²) in [6.07, 6.45) is 6.16. The predicted octanol–water partition coefficient (Wildman–Crippen LogP) is 7.32. The zero-order valence-electron chi connectivity index (χ0n) is 17.2. The van der Waals surface area contributed by atoms with Crippen molar-refractivity contribution in [1.29, 1.82) is 0 Å². The second kappa shape index (κ2) is 5.90. The molecule has 0 aliphatic heterocycles. The molecule has 0 saturated heterocycles. The Kier molecular flexibility index (Phi) is 4.68. The Bertz CT molecular complexity index is 636.